The van der Waals surface area contributed by atoms with Crippen molar-refractivity contribution in [3.8, 4) is 11.1 Å². The van der Waals surface area contributed by atoms with Crippen LogP contribution in [0.15, 0.2) is 24.3 Å². The maximum atomic E-state index is 15.4. The van der Waals surface area contributed by atoms with E-state index in [1.807, 2.05) is 13.8 Å². The van der Waals surface area contributed by atoms with Crippen LogP contribution in [-0.4, -0.2) is 42.9 Å². The highest BCUT2D eigenvalue weighted by Gasteiger charge is 2.43. The molecule has 0 radical (unpaired) electrons. The number of morpholine rings is 1. The molecule has 0 unspecified atom stereocenters. The molecule has 172 valence electrons. The first-order chi connectivity index (χ1) is 15.1. The fraction of sp³-hybridized carbons (Fsp3) is 0.478. The van der Waals surface area contributed by atoms with Crippen LogP contribution in [0.2, 0.25) is 0 Å². The molecule has 1 saturated heterocycles. The zero-order chi connectivity index (χ0) is 23.0. The van der Waals surface area contributed by atoms with Gasteiger partial charge in [0, 0.05) is 41.6 Å². The Morgan fingerprint density at radius 3 is 2.50 bits per heavy atom. The van der Waals surface area contributed by atoms with Gasteiger partial charge in [0.25, 0.3) is 0 Å². The zero-order valence-electron chi connectivity index (χ0n) is 17.9. The Morgan fingerprint density at radius 1 is 1.19 bits per heavy atom. The number of alkyl halides is 3. The third-order valence-electron chi connectivity index (χ3n) is 5.72. The molecule has 0 bridgehead atoms. The second-order valence-corrected chi connectivity index (χ2v) is 8.44. The molecule has 5 nitrogen and oxygen atoms in total. The first-order valence-electron chi connectivity index (χ1n) is 10.6. The van der Waals surface area contributed by atoms with Crippen molar-refractivity contribution in [2.24, 2.45) is 5.92 Å². The number of carbonyl (C=O) groups is 1. The molecule has 1 amide bonds. The van der Waals surface area contributed by atoms with Gasteiger partial charge in [-0.25, -0.2) is 4.39 Å². The molecule has 2 heterocycles. The molecule has 2 aliphatic rings. The predicted octanol–water partition coefficient (Wildman–Crippen LogP) is 4.30. The van der Waals surface area contributed by atoms with E-state index in [1.165, 1.54) is 11.0 Å². The second kappa shape index (κ2) is 8.69. The first-order valence-corrected chi connectivity index (χ1v) is 10.6. The third-order valence-corrected chi connectivity index (χ3v) is 5.72. The third kappa shape index (κ3) is 5.03. The minimum atomic E-state index is -4.50. The number of hydrogen-bond donors (Lipinski definition) is 1. The van der Waals surface area contributed by atoms with Crippen LogP contribution < -0.4 is 10.2 Å². The van der Waals surface area contributed by atoms with E-state index >= 15 is 4.39 Å². The molecular formula is C23H25F4N3O2. The number of carbonyl (C=O) groups excluding carboxylic acids is 1. The summed E-state index contributed by atoms with van der Waals surface area (Å²) < 4.78 is 59.8. The van der Waals surface area contributed by atoms with Gasteiger partial charge in [-0.1, -0.05) is 0 Å². The molecule has 1 saturated carbocycles. The van der Waals surface area contributed by atoms with Gasteiger partial charge in [-0.05, 0) is 62.1 Å². The maximum absolute atomic E-state index is 15.4. The van der Waals surface area contributed by atoms with Crippen LogP contribution in [0.4, 0.5) is 23.2 Å². The Labute approximate surface area is 183 Å². The van der Waals surface area contributed by atoms with E-state index in [4.69, 9.17) is 4.74 Å². The van der Waals surface area contributed by atoms with Crippen LogP contribution in [0.1, 0.15) is 29.8 Å². The highest BCUT2D eigenvalue weighted by Crippen LogP contribution is 2.35. The number of ether oxygens (including phenoxy) is 1. The number of aryl methyl sites for hydroxylation is 2. The average molecular weight is 451 g/mol. The Kier molecular flexibility index (Phi) is 6.11. The van der Waals surface area contributed by atoms with Gasteiger partial charge < -0.3 is 15.0 Å². The molecule has 1 N–H and O–H groups in total. The molecular weight excluding hydrogens is 426 g/mol. The normalized spacial score (nSPS) is 19.2. The van der Waals surface area contributed by atoms with Crippen molar-refractivity contribution in [2.45, 2.75) is 45.5 Å². The molecule has 1 aromatic carbocycles. The highest BCUT2D eigenvalue weighted by atomic mass is 19.4. The summed E-state index contributed by atoms with van der Waals surface area (Å²) in [5.41, 5.74) is 3.22. The summed E-state index contributed by atoms with van der Waals surface area (Å²) in [4.78, 5) is 18.0. The summed E-state index contributed by atoms with van der Waals surface area (Å²) in [6.45, 7) is 3.40. The van der Waals surface area contributed by atoms with Crippen molar-refractivity contribution in [1.29, 1.82) is 0 Å². The summed E-state index contributed by atoms with van der Waals surface area (Å²) >= 11 is 0. The fourth-order valence-corrected chi connectivity index (χ4v) is 4.03. The van der Waals surface area contributed by atoms with Crippen LogP contribution in [0.5, 0.6) is 0 Å². The van der Waals surface area contributed by atoms with E-state index < -0.39 is 24.6 Å². The number of benzene rings is 1. The number of aromatic nitrogens is 1. The Morgan fingerprint density at radius 2 is 1.88 bits per heavy atom. The minimum Gasteiger partial charge on any atom is -0.366 e. The number of halogens is 4. The van der Waals surface area contributed by atoms with E-state index in [2.05, 4.69) is 10.3 Å². The van der Waals surface area contributed by atoms with Gasteiger partial charge >= 0.3 is 6.18 Å². The standard InChI is InChI=1S/C23H25F4N3O2/c1-13-7-16(8-14(2)29-13)21-17(11-28-22(31)15-3-4-15)9-18(10-19(21)24)30-5-6-32-20(12-30)23(25,26)27/h7-10,15,20H,3-6,11-12H2,1-2H3,(H,28,31)/t20-/m0/s1. The van der Waals surface area contributed by atoms with E-state index in [9.17, 15) is 18.0 Å². The highest BCUT2D eigenvalue weighted by molar-refractivity contribution is 5.81. The van der Waals surface area contributed by atoms with Crippen molar-refractivity contribution in [3.05, 3.63) is 47.0 Å². The van der Waals surface area contributed by atoms with Gasteiger partial charge in [-0.2, -0.15) is 13.2 Å². The number of anilines is 1. The maximum Gasteiger partial charge on any atom is 0.416 e. The van der Waals surface area contributed by atoms with Crippen LogP contribution in [0.25, 0.3) is 11.1 Å². The summed E-state index contributed by atoms with van der Waals surface area (Å²) in [5.74, 6) is -0.658. The Hall–Kier alpha value is -2.68. The van der Waals surface area contributed by atoms with Crippen molar-refractivity contribution in [2.75, 3.05) is 24.6 Å². The lowest BCUT2D eigenvalue weighted by Gasteiger charge is -2.35. The number of amides is 1. The molecule has 1 atom stereocenters. The summed E-state index contributed by atoms with van der Waals surface area (Å²) in [6.07, 6.45) is -4.75. The van der Waals surface area contributed by atoms with Gasteiger partial charge in [0.05, 0.1) is 13.2 Å². The molecule has 32 heavy (non-hydrogen) atoms. The summed E-state index contributed by atoms with van der Waals surface area (Å²) in [7, 11) is 0. The minimum absolute atomic E-state index is 0.0105. The first kappa shape index (κ1) is 22.5. The van der Waals surface area contributed by atoms with E-state index in [0.29, 0.717) is 22.4 Å². The topological polar surface area (TPSA) is 54.5 Å². The molecule has 9 heteroatoms. The average Bonchev–Trinajstić information content (AvgIpc) is 3.56. The predicted molar refractivity (Wildman–Crippen MR) is 112 cm³/mol. The van der Waals surface area contributed by atoms with Gasteiger partial charge in [-0.15, -0.1) is 0 Å². The van der Waals surface area contributed by atoms with Crippen LogP contribution in [0, 0.1) is 25.6 Å². The molecule has 1 aromatic heterocycles. The number of pyridine rings is 1. The summed E-state index contributed by atoms with van der Waals surface area (Å²) in [6, 6.07) is 6.43. The lowest BCUT2D eigenvalue weighted by molar-refractivity contribution is -0.221. The van der Waals surface area contributed by atoms with E-state index in [1.54, 1.807) is 18.2 Å². The lowest BCUT2D eigenvalue weighted by Crippen LogP contribution is -2.49. The summed E-state index contributed by atoms with van der Waals surface area (Å²) in [5, 5.41) is 2.85. The van der Waals surface area contributed by atoms with Crippen molar-refractivity contribution in [3.63, 3.8) is 0 Å². The van der Waals surface area contributed by atoms with Gasteiger partial charge in [0.15, 0.2) is 6.10 Å². The van der Waals surface area contributed by atoms with Crippen LogP contribution in [-0.2, 0) is 16.1 Å². The van der Waals surface area contributed by atoms with E-state index in [0.717, 1.165) is 24.2 Å². The van der Waals surface area contributed by atoms with E-state index in [-0.39, 0.29) is 31.5 Å². The number of hydrogen-bond acceptors (Lipinski definition) is 4. The largest absolute Gasteiger partial charge is 0.416 e. The monoisotopic (exact) mass is 451 g/mol. The van der Waals surface area contributed by atoms with Gasteiger partial charge in [0.2, 0.25) is 5.91 Å². The Bertz CT molecular complexity index is 1000. The Balaban J connectivity index is 1.70. The molecule has 0 spiro atoms. The molecule has 1 aliphatic heterocycles. The molecule has 1 aliphatic carbocycles. The quantitative estimate of drug-likeness (QED) is 0.689. The fourth-order valence-electron chi connectivity index (χ4n) is 4.03. The smallest absolute Gasteiger partial charge is 0.366 e. The van der Waals surface area contributed by atoms with Crippen LogP contribution >= 0.6 is 0 Å². The second-order valence-electron chi connectivity index (χ2n) is 8.44. The molecule has 2 aromatic rings. The van der Waals surface area contributed by atoms with Crippen molar-refractivity contribution in [1.82, 2.24) is 10.3 Å². The number of nitrogens with zero attached hydrogens (tertiary/aromatic N) is 2. The van der Waals surface area contributed by atoms with Gasteiger partial charge in [-0.3, -0.25) is 9.78 Å². The SMILES string of the molecule is Cc1cc(-c2c(F)cc(N3CCO[C@H](C(F)(F)F)C3)cc2CNC(=O)C2CC2)cc(C)n1. The number of rotatable bonds is 5. The van der Waals surface area contributed by atoms with Crippen molar-refractivity contribution >= 4 is 11.6 Å². The van der Waals surface area contributed by atoms with Crippen LogP contribution in [0.3, 0.4) is 0 Å². The molecule has 2 fully saturated rings. The molecule has 4 rings (SSSR count). The zero-order valence-corrected chi connectivity index (χ0v) is 17.9. The lowest BCUT2D eigenvalue weighted by atomic mass is 9.97. The van der Waals surface area contributed by atoms with Gasteiger partial charge in [0.1, 0.15) is 5.82 Å². The number of nitrogens with one attached hydrogen (secondary N) is 1. The van der Waals surface area contributed by atoms with Crippen molar-refractivity contribution < 1.29 is 27.1 Å².